The number of amides is 2. The van der Waals surface area contributed by atoms with Crippen molar-refractivity contribution in [3.8, 4) is 11.5 Å². The van der Waals surface area contributed by atoms with E-state index < -0.39 is 11.8 Å². The Hall–Kier alpha value is -2.57. The topological polar surface area (TPSA) is 80.2 Å². The molecule has 0 saturated carbocycles. The number of hydrogen-bond donors (Lipinski definition) is 1. The summed E-state index contributed by atoms with van der Waals surface area (Å²) in [5.74, 6) is -0.336. The number of rotatable bonds is 6. The van der Waals surface area contributed by atoms with Crippen molar-refractivity contribution >= 4 is 18.0 Å². The molecule has 1 aromatic rings. The second-order valence-corrected chi connectivity index (χ2v) is 4.26. The molecule has 0 heterocycles. The van der Waals surface area contributed by atoms with Gasteiger partial charge in [0.2, 0.25) is 0 Å². The maximum absolute atomic E-state index is 11.8. The number of carbonyl (C=O) groups excluding carboxylic acids is 2. The van der Waals surface area contributed by atoms with Gasteiger partial charge in [-0.3, -0.25) is 9.59 Å². The third kappa shape index (κ3) is 4.21. The van der Waals surface area contributed by atoms with Crippen LogP contribution in [-0.4, -0.2) is 50.2 Å². The van der Waals surface area contributed by atoms with Crippen LogP contribution in [0.5, 0.6) is 11.5 Å². The minimum absolute atomic E-state index is 0.468. The van der Waals surface area contributed by atoms with Gasteiger partial charge in [0.25, 0.3) is 0 Å². The Morgan fingerprint density at radius 1 is 1.23 bits per heavy atom. The van der Waals surface area contributed by atoms with E-state index in [9.17, 15) is 9.59 Å². The molecule has 0 bridgehead atoms. The minimum atomic E-state index is -0.776. The smallest absolute Gasteiger partial charge is 0.329 e. The molecule has 0 atom stereocenters. The molecule has 0 unspecified atom stereocenters. The van der Waals surface area contributed by atoms with Crippen molar-refractivity contribution in [2.45, 2.75) is 13.8 Å². The fraction of sp³-hybridized carbons (Fsp3) is 0.400. The average molecular weight is 307 g/mol. The first-order chi connectivity index (χ1) is 10.6. The summed E-state index contributed by atoms with van der Waals surface area (Å²) in [4.78, 5) is 24.9. The molecule has 0 aliphatic heterocycles. The van der Waals surface area contributed by atoms with Crippen LogP contribution in [0.3, 0.4) is 0 Å². The van der Waals surface area contributed by atoms with Gasteiger partial charge >= 0.3 is 11.8 Å². The van der Waals surface area contributed by atoms with Gasteiger partial charge in [0.15, 0.2) is 11.5 Å². The SMILES string of the molecule is CCN(CC)C(=O)C(=O)N/N=C/c1cccc(OC)c1OC. The Bertz CT molecular complexity index is 554. The van der Waals surface area contributed by atoms with Crippen molar-refractivity contribution in [2.75, 3.05) is 27.3 Å². The van der Waals surface area contributed by atoms with E-state index in [4.69, 9.17) is 9.47 Å². The maximum atomic E-state index is 11.8. The lowest BCUT2D eigenvalue weighted by atomic mass is 10.2. The summed E-state index contributed by atoms with van der Waals surface area (Å²) >= 11 is 0. The third-order valence-electron chi connectivity index (χ3n) is 3.05. The number of nitrogens with zero attached hydrogens (tertiary/aromatic N) is 2. The fourth-order valence-electron chi connectivity index (χ4n) is 1.88. The van der Waals surface area contributed by atoms with Crippen LogP contribution in [0.4, 0.5) is 0 Å². The zero-order valence-electron chi connectivity index (χ0n) is 13.3. The summed E-state index contributed by atoms with van der Waals surface area (Å²) < 4.78 is 10.4. The molecule has 1 N–H and O–H groups in total. The van der Waals surface area contributed by atoms with E-state index >= 15 is 0 Å². The minimum Gasteiger partial charge on any atom is -0.493 e. The lowest BCUT2D eigenvalue weighted by molar-refractivity contribution is -0.145. The van der Waals surface area contributed by atoms with Gasteiger partial charge in [-0.1, -0.05) is 6.07 Å². The van der Waals surface area contributed by atoms with Crippen molar-refractivity contribution in [1.82, 2.24) is 10.3 Å². The summed E-state index contributed by atoms with van der Waals surface area (Å²) in [5.41, 5.74) is 2.83. The monoisotopic (exact) mass is 307 g/mol. The molecule has 0 radical (unpaired) electrons. The zero-order valence-corrected chi connectivity index (χ0v) is 13.3. The molecule has 0 fully saturated rings. The van der Waals surface area contributed by atoms with Gasteiger partial charge < -0.3 is 14.4 Å². The van der Waals surface area contributed by atoms with Crippen molar-refractivity contribution in [3.05, 3.63) is 23.8 Å². The molecule has 1 rings (SSSR count). The van der Waals surface area contributed by atoms with E-state index in [1.165, 1.54) is 25.3 Å². The normalized spacial score (nSPS) is 10.4. The molecule has 120 valence electrons. The number of hydrogen-bond acceptors (Lipinski definition) is 5. The molecule has 0 aliphatic rings. The molecule has 1 aromatic carbocycles. The van der Waals surface area contributed by atoms with Crippen LogP contribution in [0.2, 0.25) is 0 Å². The summed E-state index contributed by atoms with van der Waals surface area (Å²) in [6, 6.07) is 5.27. The first-order valence-electron chi connectivity index (χ1n) is 6.92. The van der Waals surface area contributed by atoms with Crippen molar-refractivity contribution < 1.29 is 19.1 Å². The van der Waals surface area contributed by atoms with Gasteiger partial charge in [-0.05, 0) is 26.0 Å². The Balaban J connectivity index is 2.78. The molecule has 7 heteroatoms. The second-order valence-electron chi connectivity index (χ2n) is 4.26. The number of nitrogens with one attached hydrogen (secondary N) is 1. The van der Waals surface area contributed by atoms with Gasteiger partial charge in [-0.15, -0.1) is 0 Å². The maximum Gasteiger partial charge on any atom is 0.329 e. The summed E-state index contributed by atoms with van der Waals surface area (Å²) in [7, 11) is 3.04. The van der Waals surface area contributed by atoms with Gasteiger partial charge in [0.1, 0.15) is 0 Å². The number of likely N-dealkylation sites (N-methyl/N-ethyl adjacent to an activating group) is 1. The van der Waals surface area contributed by atoms with E-state index in [0.29, 0.717) is 30.2 Å². The lowest BCUT2D eigenvalue weighted by Crippen LogP contribution is -2.41. The van der Waals surface area contributed by atoms with Crippen LogP contribution in [0.15, 0.2) is 23.3 Å². The first kappa shape index (κ1) is 17.5. The number of ether oxygens (including phenoxy) is 2. The Morgan fingerprint density at radius 3 is 2.45 bits per heavy atom. The molecule has 0 aromatic heterocycles. The quantitative estimate of drug-likeness (QED) is 0.483. The molecule has 2 amide bonds. The number of methoxy groups -OCH3 is 2. The van der Waals surface area contributed by atoms with E-state index in [-0.39, 0.29) is 0 Å². The van der Waals surface area contributed by atoms with Crippen LogP contribution in [-0.2, 0) is 9.59 Å². The number of benzene rings is 1. The Morgan fingerprint density at radius 2 is 1.91 bits per heavy atom. The predicted octanol–water partition coefficient (Wildman–Crippen LogP) is 1.02. The average Bonchev–Trinajstić information content (AvgIpc) is 2.55. The summed E-state index contributed by atoms with van der Waals surface area (Å²) in [6.07, 6.45) is 1.40. The molecule has 0 spiro atoms. The fourth-order valence-corrected chi connectivity index (χ4v) is 1.88. The highest BCUT2D eigenvalue weighted by Gasteiger charge is 2.18. The van der Waals surface area contributed by atoms with Gasteiger partial charge in [-0.25, -0.2) is 5.43 Å². The van der Waals surface area contributed by atoms with Crippen molar-refractivity contribution in [3.63, 3.8) is 0 Å². The molecule has 22 heavy (non-hydrogen) atoms. The Kier molecular flexibility index (Phi) is 6.88. The predicted molar refractivity (Wildman–Crippen MR) is 83.2 cm³/mol. The number of para-hydroxylation sites is 1. The van der Waals surface area contributed by atoms with E-state index in [0.717, 1.165) is 0 Å². The molecule has 7 nitrogen and oxygen atoms in total. The molecular formula is C15H21N3O4. The highest BCUT2D eigenvalue weighted by molar-refractivity contribution is 6.34. The number of hydrazone groups is 1. The van der Waals surface area contributed by atoms with Crippen LogP contribution >= 0.6 is 0 Å². The highest BCUT2D eigenvalue weighted by Crippen LogP contribution is 2.29. The molecule has 0 aliphatic carbocycles. The van der Waals surface area contributed by atoms with Crippen LogP contribution < -0.4 is 14.9 Å². The highest BCUT2D eigenvalue weighted by atomic mass is 16.5. The zero-order chi connectivity index (χ0) is 16.5. The van der Waals surface area contributed by atoms with Crippen LogP contribution in [0.1, 0.15) is 19.4 Å². The van der Waals surface area contributed by atoms with Crippen LogP contribution in [0.25, 0.3) is 0 Å². The molecular weight excluding hydrogens is 286 g/mol. The lowest BCUT2D eigenvalue weighted by Gasteiger charge is -2.16. The largest absolute Gasteiger partial charge is 0.493 e. The Labute approximate surface area is 129 Å². The van der Waals surface area contributed by atoms with E-state index in [1.54, 1.807) is 32.0 Å². The summed E-state index contributed by atoms with van der Waals surface area (Å²) in [6.45, 7) is 4.55. The van der Waals surface area contributed by atoms with Gasteiger partial charge in [-0.2, -0.15) is 5.10 Å². The van der Waals surface area contributed by atoms with Crippen molar-refractivity contribution in [1.29, 1.82) is 0 Å². The summed E-state index contributed by atoms with van der Waals surface area (Å²) in [5, 5.41) is 3.79. The number of carbonyl (C=O) groups is 2. The van der Waals surface area contributed by atoms with E-state index in [1.807, 2.05) is 0 Å². The second kappa shape index (κ2) is 8.66. The molecule has 0 saturated heterocycles. The van der Waals surface area contributed by atoms with E-state index in [2.05, 4.69) is 10.5 Å². The van der Waals surface area contributed by atoms with Crippen LogP contribution in [0, 0.1) is 0 Å². The first-order valence-corrected chi connectivity index (χ1v) is 6.92. The standard InChI is InChI=1S/C15H21N3O4/c1-5-18(6-2)15(20)14(19)17-16-10-11-8-7-9-12(21-3)13(11)22-4/h7-10H,5-6H2,1-4H3,(H,17,19)/b16-10+. The van der Waals surface area contributed by atoms with Crippen molar-refractivity contribution in [2.24, 2.45) is 5.10 Å². The van der Waals surface area contributed by atoms with Gasteiger partial charge in [0.05, 0.1) is 20.4 Å². The third-order valence-corrected chi connectivity index (χ3v) is 3.05. The van der Waals surface area contributed by atoms with Gasteiger partial charge in [0, 0.05) is 18.7 Å².